The molecule has 4 heteroatoms. The summed E-state index contributed by atoms with van der Waals surface area (Å²) in [5.74, 6) is 0.142. The third-order valence-electron chi connectivity index (χ3n) is 4.02. The molecule has 0 bridgehead atoms. The molecule has 19 heavy (non-hydrogen) atoms. The molecular formula is C15H21N3O. The highest BCUT2D eigenvalue weighted by molar-refractivity contribution is 5.96. The van der Waals surface area contributed by atoms with E-state index in [1.807, 2.05) is 17.0 Å². The van der Waals surface area contributed by atoms with Crippen molar-refractivity contribution in [2.75, 3.05) is 29.4 Å². The number of nitrogens with two attached hydrogens (primary N) is 1. The number of rotatable bonds is 2. The van der Waals surface area contributed by atoms with Crippen molar-refractivity contribution in [3.05, 3.63) is 24.3 Å². The zero-order valence-corrected chi connectivity index (χ0v) is 11.2. The van der Waals surface area contributed by atoms with Gasteiger partial charge in [0.05, 0.1) is 0 Å². The van der Waals surface area contributed by atoms with Crippen molar-refractivity contribution in [2.24, 2.45) is 5.73 Å². The molecule has 2 fully saturated rings. The van der Waals surface area contributed by atoms with Crippen LogP contribution in [0.15, 0.2) is 24.3 Å². The second-order valence-electron chi connectivity index (χ2n) is 5.54. The number of piperidine rings is 1. The Morgan fingerprint density at radius 1 is 1.11 bits per heavy atom. The van der Waals surface area contributed by atoms with Gasteiger partial charge in [-0.1, -0.05) is 6.07 Å². The number of amides is 1. The number of nitrogens with zero attached hydrogens (tertiary/aromatic N) is 2. The van der Waals surface area contributed by atoms with Gasteiger partial charge in [-0.25, -0.2) is 0 Å². The van der Waals surface area contributed by atoms with Crippen LogP contribution in [0.4, 0.5) is 11.4 Å². The van der Waals surface area contributed by atoms with Crippen molar-refractivity contribution in [1.29, 1.82) is 0 Å². The van der Waals surface area contributed by atoms with Crippen LogP contribution in [-0.4, -0.2) is 31.6 Å². The van der Waals surface area contributed by atoms with Gasteiger partial charge in [-0.05, 0) is 37.5 Å². The monoisotopic (exact) mass is 259 g/mol. The predicted molar refractivity (Wildman–Crippen MR) is 77.5 cm³/mol. The summed E-state index contributed by atoms with van der Waals surface area (Å²) in [6.07, 6.45) is 4.32. The Balaban J connectivity index is 1.81. The second kappa shape index (κ2) is 5.21. The maximum atomic E-state index is 11.9. The minimum absolute atomic E-state index is 0.0221. The van der Waals surface area contributed by atoms with Gasteiger partial charge in [0, 0.05) is 43.5 Å². The summed E-state index contributed by atoms with van der Waals surface area (Å²) in [6, 6.07) is 8.28. The molecule has 0 aromatic heterocycles. The molecule has 1 atom stereocenters. The standard InChI is InChI=1S/C15H21N3O/c16-12-9-15(19)18(11-12)14-6-4-5-13(10-14)17-7-2-1-3-8-17/h4-6,10,12H,1-3,7-9,11,16H2. The molecule has 2 saturated heterocycles. The molecule has 1 aromatic carbocycles. The average Bonchev–Trinajstić information content (AvgIpc) is 2.79. The van der Waals surface area contributed by atoms with Gasteiger partial charge in [-0.15, -0.1) is 0 Å². The van der Waals surface area contributed by atoms with E-state index in [2.05, 4.69) is 17.0 Å². The molecule has 0 saturated carbocycles. The summed E-state index contributed by atoms with van der Waals surface area (Å²) in [4.78, 5) is 16.1. The summed E-state index contributed by atoms with van der Waals surface area (Å²) in [7, 11) is 0. The number of carbonyl (C=O) groups is 1. The second-order valence-corrected chi connectivity index (χ2v) is 5.54. The van der Waals surface area contributed by atoms with E-state index in [9.17, 15) is 4.79 Å². The van der Waals surface area contributed by atoms with E-state index in [0.29, 0.717) is 13.0 Å². The average molecular weight is 259 g/mol. The quantitative estimate of drug-likeness (QED) is 0.880. The van der Waals surface area contributed by atoms with Crippen molar-refractivity contribution < 1.29 is 4.79 Å². The highest BCUT2D eigenvalue weighted by Crippen LogP contribution is 2.27. The van der Waals surface area contributed by atoms with E-state index >= 15 is 0 Å². The lowest BCUT2D eigenvalue weighted by molar-refractivity contribution is -0.117. The fraction of sp³-hybridized carbons (Fsp3) is 0.533. The van der Waals surface area contributed by atoms with Crippen LogP contribution in [0.3, 0.4) is 0 Å². The number of benzene rings is 1. The fourth-order valence-corrected chi connectivity index (χ4v) is 2.99. The van der Waals surface area contributed by atoms with Crippen LogP contribution >= 0.6 is 0 Å². The van der Waals surface area contributed by atoms with E-state index in [1.165, 1.54) is 24.9 Å². The smallest absolute Gasteiger partial charge is 0.228 e. The van der Waals surface area contributed by atoms with Crippen LogP contribution in [0.25, 0.3) is 0 Å². The third-order valence-corrected chi connectivity index (χ3v) is 4.02. The van der Waals surface area contributed by atoms with Crippen LogP contribution in [0.1, 0.15) is 25.7 Å². The van der Waals surface area contributed by atoms with Gasteiger partial charge in [-0.3, -0.25) is 4.79 Å². The Morgan fingerprint density at radius 3 is 2.53 bits per heavy atom. The van der Waals surface area contributed by atoms with Crippen LogP contribution in [0.2, 0.25) is 0 Å². The van der Waals surface area contributed by atoms with E-state index in [-0.39, 0.29) is 11.9 Å². The first-order chi connectivity index (χ1) is 9.24. The van der Waals surface area contributed by atoms with Gasteiger partial charge in [0.1, 0.15) is 0 Å². The van der Waals surface area contributed by atoms with Crippen LogP contribution in [0, 0.1) is 0 Å². The molecule has 2 N–H and O–H groups in total. The lowest BCUT2D eigenvalue weighted by atomic mass is 10.1. The molecule has 4 nitrogen and oxygen atoms in total. The first-order valence-corrected chi connectivity index (χ1v) is 7.15. The molecule has 1 unspecified atom stereocenters. The van der Waals surface area contributed by atoms with Gasteiger partial charge >= 0.3 is 0 Å². The zero-order chi connectivity index (χ0) is 13.2. The minimum Gasteiger partial charge on any atom is -0.371 e. The summed E-state index contributed by atoms with van der Waals surface area (Å²) >= 11 is 0. The van der Waals surface area contributed by atoms with E-state index in [4.69, 9.17) is 5.73 Å². The molecular weight excluding hydrogens is 238 g/mol. The zero-order valence-electron chi connectivity index (χ0n) is 11.2. The van der Waals surface area contributed by atoms with Crippen LogP contribution in [0.5, 0.6) is 0 Å². The van der Waals surface area contributed by atoms with Crippen molar-refractivity contribution in [3.63, 3.8) is 0 Å². The predicted octanol–water partition coefficient (Wildman–Crippen LogP) is 1.74. The van der Waals surface area contributed by atoms with Crippen molar-refractivity contribution >= 4 is 17.3 Å². The van der Waals surface area contributed by atoms with E-state index in [1.54, 1.807) is 0 Å². The summed E-state index contributed by atoms with van der Waals surface area (Å²) in [5, 5.41) is 0. The number of carbonyl (C=O) groups excluding carboxylic acids is 1. The van der Waals surface area contributed by atoms with E-state index in [0.717, 1.165) is 18.8 Å². The number of hydrogen-bond donors (Lipinski definition) is 1. The van der Waals surface area contributed by atoms with Gasteiger partial charge in [0.25, 0.3) is 0 Å². The minimum atomic E-state index is -0.0221. The molecule has 0 spiro atoms. The summed E-state index contributed by atoms with van der Waals surface area (Å²) < 4.78 is 0. The SMILES string of the molecule is NC1CC(=O)N(c2cccc(N3CCCCC3)c2)C1. The Morgan fingerprint density at radius 2 is 1.84 bits per heavy atom. The van der Waals surface area contributed by atoms with E-state index < -0.39 is 0 Å². The number of hydrogen-bond acceptors (Lipinski definition) is 3. The summed E-state index contributed by atoms with van der Waals surface area (Å²) in [6.45, 7) is 2.89. The largest absolute Gasteiger partial charge is 0.371 e. The van der Waals surface area contributed by atoms with Gasteiger partial charge in [-0.2, -0.15) is 0 Å². The van der Waals surface area contributed by atoms with Crippen molar-refractivity contribution in [3.8, 4) is 0 Å². The molecule has 2 aliphatic rings. The topological polar surface area (TPSA) is 49.6 Å². The maximum absolute atomic E-state index is 11.9. The molecule has 1 aromatic rings. The lowest BCUT2D eigenvalue weighted by Gasteiger charge is -2.29. The molecule has 1 amide bonds. The Bertz CT molecular complexity index is 468. The molecule has 3 rings (SSSR count). The first-order valence-electron chi connectivity index (χ1n) is 7.15. The third kappa shape index (κ3) is 2.59. The lowest BCUT2D eigenvalue weighted by Crippen LogP contribution is -2.30. The van der Waals surface area contributed by atoms with Crippen molar-refractivity contribution in [2.45, 2.75) is 31.7 Å². The molecule has 0 radical (unpaired) electrons. The normalized spacial score (nSPS) is 24.1. The van der Waals surface area contributed by atoms with Gasteiger partial charge in [0.15, 0.2) is 0 Å². The summed E-state index contributed by atoms with van der Waals surface area (Å²) in [5.41, 5.74) is 8.08. The maximum Gasteiger partial charge on any atom is 0.228 e. The fourth-order valence-electron chi connectivity index (χ4n) is 2.99. The highest BCUT2D eigenvalue weighted by atomic mass is 16.2. The van der Waals surface area contributed by atoms with Gasteiger partial charge in [0.2, 0.25) is 5.91 Å². The number of anilines is 2. The van der Waals surface area contributed by atoms with Gasteiger partial charge < -0.3 is 15.5 Å². The Labute approximate surface area is 114 Å². The first kappa shape index (κ1) is 12.5. The Kier molecular flexibility index (Phi) is 3.42. The molecule has 2 aliphatic heterocycles. The van der Waals surface area contributed by atoms with Crippen LogP contribution < -0.4 is 15.5 Å². The molecule has 2 heterocycles. The molecule has 0 aliphatic carbocycles. The Hall–Kier alpha value is -1.55. The van der Waals surface area contributed by atoms with Crippen LogP contribution in [-0.2, 0) is 4.79 Å². The highest BCUT2D eigenvalue weighted by Gasteiger charge is 2.28. The molecule has 102 valence electrons. The van der Waals surface area contributed by atoms with Crippen molar-refractivity contribution in [1.82, 2.24) is 0 Å².